The number of carbonyl (C=O) groups is 2. The summed E-state index contributed by atoms with van der Waals surface area (Å²) in [5.74, 6) is -2.96. The van der Waals surface area contributed by atoms with E-state index in [1.165, 1.54) is 30.4 Å². The van der Waals surface area contributed by atoms with E-state index in [1.54, 1.807) is 12.1 Å². The molecule has 0 aliphatic carbocycles. The summed E-state index contributed by atoms with van der Waals surface area (Å²) in [5, 5.41) is 7.34. The van der Waals surface area contributed by atoms with Crippen LogP contribution in [0.4, 0.5) is 14.5 Å². The topological polar surface area (TPSA) is 58.2 Å². The van der Waals surface area contributed by atoms with Crippen molar-refractivity contribution in [3.63, 3.8) is 0 Å². The minimum absolute atomic E-state index is 0.0909. The lowest BCUT2D eigenvalue weighted by Gasteiger charge is -2.16. The molecule has 2 aromatic rings. The van der Waals surface area contributed by atoms with Gasteiger partial charge in [0.2, 0.25) is 11.8 Å². The second kappa shape index (κ2) is 8.79. The first-order valence-corrected chi connectivity index (χ1v) is 8.85. The Morgan fingerprint density at radius 1 is 1.21 bits per heavy atom. The van der Waals surface area contributed by atoms with Crippen LogP contribution in [0.2, 0.25) is 0 Å². The molecule has 1 aromatic carbocycles. The van der Waals surface area contributed by atoms with Gasteiger partial charge in [0.25, 0.3) is 5.76 Å². The number of thioether (sulfide) groups is 1. The molecule has 8 heteroatoms. The summed E-state index contributed by atoms with van der Waals surface area (Å²) in [7, 11) is 0. The highest BCUT2D eigenvalue weighted by molar-refractivity contribution is 7.99. The fourth-order valence-corrected chi connectivity index (χ4v) is 3.35. The van der Waals surface area contributed by atoms with Crippen LogP contribution >= 0.6 is 23.1 Å². The van der Waals surface area contributed by atoms with Crippen LogP contribution in [0.25, 0.3) is 0 Å². The molecule has 0 saturated heterocycles. The summed E-state index contributed by atoms with van der Waals surface area (Å²) in [4.78, 5) is 24.8. The maximum absolute atomic E-state index is 12.3. The lowest BCUT2D eigenvalue weighted by molar-refractivity contribution is -0.120. The van der Waals surface area contributed by atoms with Gasteiger partial charge in [-0.1, -0.05) is 17.8 Å². The van der Waals surface area contributed by atoms with Gasteiger partial charge < -0.3 is 10.6 Å². The van der Waals surface area contributed by atoms with Crippen molar-refractivity contribution < 1.29 is 18.4 Å². The van der Waals surface area contributed by atoms with Gasteiger partial charge in [0, 0.05) is 22.4 Å². The number of amides is 2. The Hall–Kier alpha value is -1.93. The van der Waals surface area contributed by atoms with Gasteiger partial charge in [-0.3, -0.25) is 9.59 Å². The van der Waals surface area contributed by atoms with Gasteiger partial charge in [0.1, 0.15) is 0 Å². The van der Waals surface area contributed by atoms with Gasteiger partial charge in [0.15, 0.2) is 0 Å². The number of hydrogen-bond donors (Lipinski definition) is 2. The monoisotopic (exact) mass is 370 g/mol. The van der Waals surface area contributed by atoms with E-state index in [0.717, 1.165) is 4.88 Å². The van der Waals surface area contributed by atoms with Crippen LogP contribution in [0.15, 0.2) is 46.7 Å². The second-order valence-electron chi connectivity index (χ2n) is 4.92. The van der Waals surface area contributed by atoms with E-state index in [4.69, 9.17) is 0 Å². The largest absolute Gasteiger partial charge is 0.348 e. The zero-order valence-corrected chi connectivity index (χ0v) is 14.4. The molecular formula is C16H16F2N2O2S2. The number of hydrogen-bond acceptors (Lipinski definition) is 4. The zero-order chi connectivity index (χ0) is 17.5. The standard InChI is InChI=1S/C16H16F2N2O2S2/c1-10(21)19-13(14-3-2-8-23-14)9-15(22)20-11-4-6-12(7-5-11)24-16(17)18/h2-8,13,16H,9H2,1H3,(H,19,21)(H,20,22). The van der Waals surface area contributed by atoms with Crippen molar-refractivity contribution in [1.29, 1.82) is 0 Å². The highest BCUT2D eigenvalue weighted by atomic mass is 32.2. The van der Waals surface area contributed by atoms with E-state index in [0.29, 0.717) is 22.3 Å². The van der Waals surface area contributed by atoms with E-state index >= 15 is 0 Å². The molecule has 0 aliphatic rings. The van der Waals surface area contributed by atoms with Gasteiger partial charge in [-0.05, 0) is 35.7 Å². The molecular weight excluding hydrogens is 354 g/mol. The summed E-state index contributed by atoms with van der Waals surface area (Å²) in [6.45, 7) is 1.40. The Morgan fingerprint density at radius 2 is 1.92 bits per heavy atom. The van der Waals surface area contributed by atoms with E-state index in [2.05, 4.69) is 10.6 Å². The molecule has 0 saturated carbocycles. The average Bonchev–Trinajstić information content (AvgIpc) is 3.02. The summed E-state index contributed by atoms with van der Waals surface area (Å²) in [5.41, 5.74) is 0.520. The van der Waals surface area contributed by atoms with Gasteiger partial charge >= 0.3 is 0 Å². The van der Waals surface area contributed by atoms with E-state index in [9.17, 15) is 18.4 Å². The van der Waals surface area contributed by atoms with Crippen LogP contribution in [0.1, 0.15) is 24.3 Å². The highest BCUT2D eigenvalue weighted by Crippen LogP contribution is 2.27. The molecule has 1 atom stereocenters. The molecule has 2 rings (SSSR count). The van der Waals surface area contributed by atoms with Crippen molar-refractivity contribution in [2.24, 2.45) is 0 Å². The summed E-state index contributed by atoms with van der Waals surface area (Å²) in [6.07, 6.45) is 0.0909. The summed E-state index contributed by atoms with van der Waals surface area (Å²) < 4.78 is 24.5. The summed E-state index contributed by atoms with van der Waals surface area (Å²) >= 11 is 1.91. The normalized spacial score (nSPS) is 12.0. The van der Waals surface area contributed by atoms with Crippen molar-refractivity contribution in [2.45, 2.75) is 30.0 Å². The quantitative estimate of drug-likeness (QED) is 0.716. The minimum atomic E-state index is -2.48. The Morgan fingerprint density at radius 3 is 2.46 bits per heavy atom. The molecule has 0 radical (unpaired) electrons. The molecule has 0 spiro atoms. The number of thiophene rings is 1. The molecule has 1 aromatic heterocycles. The van der Waals surface area contributed by atoms with Crippen molar-refractivity contribution in [1.82, 2.24) is 5.32 Å². The Kier molecular flexibility index (Phi) is 6.74. The smallest absolute Gasteiger partial charge is 0.288 e. The van der Waals surface area contributed by atoms with Gasteiger partial charge in [0.05, 0.1) is 12.5 Å². The number of carbonyl (C=O) groups excluding carboxylic acids is 2. The molecule has 0 fully saturated rings. The molecule has 24 heavy (non-hydrogen) atoms. The molecule has 1 heterocycles. The first-order valence-electron chi connectivity index (χ1n) is 7.09. The number of alkyl halides is 2. The van der Waals surface area contributed by atoms with E-state index < -0.39 is 11.8 Å². The van der Waals surface area contributed by atoms with Crippen LogP contribution in [0.3, 0.4) is 0 Å². The van der Waals surface area contributed by atoms with Gasteiger partial charge in [-0.2, -0.15) is 8.78 Å². The lowest BCUT2D eigenvalue weighted by atomic mass is 10.1. The fraction of sp³-hybridized carbons (Fsp3) is 0.250. The molecule has 128 valence electrons. The van der Waals surface area contributed by atoms with Crippen molar-refractivity contribution in [3.8, 4) is 0 Å². The first kappa shape index (κ1) is 18.4. The van der Waals surface area contributed by atoms with Crippen LogP contribution in [-0.4, -0.2) is 17.6 Å². The SMILES string of the molecule is CC(=O)NC(CC(=O)Nc1ccc(SC(F)F)cc1)c1cccs1. The fourth-order valence-electron chi connectivity index (χ4n) is 2.07. The Bertz CT molecular complexity index is 676. The van der Waals surface area contributed by atoms with Gasteiger partial charge in [-0.25, -0.2) is 0 Å². The zero-order valence-electron chi connectivity index (χ0n) is 12.8. The number of benzene rings is 1. The third-order valence-corrected chi connectivity index (χ3v) is 4.73. The maximum atomic E-state index is 12.3. The van der Waals surface area contributed by atoms with Crippen molar-refractivity contribution in [3.05, 3.63) is 46.7 Å². The Labute approximate surface area is 146 Å². The molecule has 2 amide bonds. The maximum Gasteiger partial charge on any atom is 0.288 e. The summed E-state index contributed by atoms with van der Waals surface area (Å²) in [6, 6.07) is 9.51. The van der Waals surface area contributed by atoms with Crippen molar-refractivity contribution >= 4 is 40.6 Å². The third kappa shape index (κ3) is 5.93. The van der Waals surface area contributed by atoms with Crippen LogP contribution in [0, 0.1) is 0 Å². The predicted molar refractivity (Wildman–Crippen MR) is 92.4 cm³/mol. The predicted octanol–water partition coefficient (Wildman–Crippen LogP) is 4.27. The van der Waals surface area contributed by atoms with Crippen LogP contribution in [-0.2, 0) is 9.59 Å². The number of rotatable bonds is 7. The lowest BCUT2D eigenvalue weighted by Crippen LogP contribution is -2.29. The number of nitrogens with one attached hydrogen (secondary N) is 2. The van der Waals surface area contributed by atoms with Crippen LogP contribution < -0.4 is 10.6 Å². The first-order chi connectivity index (χ1) is 11.4. The highest BCUT2D eigenvalue weighted by Gasteiger charge is 2.18. The van der Waals surface area contributed by atoms with E-state index in [1.807, 2.05) is 17.5 Å². The Balaban J connectivity index is 1.96. The molecule has 4 nitrogen and oxygen atoms in total. The van der Waals surface area contributed by atoms with Crippen LogP contribution in [0.5, 0.6) is 0 Å². The average molecular weight is 370 g/mol. The third-order valence-electron chi connectivity index (χ3n) is 3.02. The minimum Gasteiger partial charge on any atom is -0.348 e. The molecule has 0 bridgehead atoms. The van der Waals surface area contributed by atoms with Gasteiger partial charge in [-0.15, -0.1) is 11.3 Å². The molecule has 0 aliphatic heterocycles. The second-order valence-corrected chi connectivity index (χ2v) is 6.97. The number of halogens is 2. The molecule has 1 unspecified atom stereocenters. The number of anilines is 1. The van der Waals surface area contributed by atoms with Crippen molar-refractivity contribution in [2.75, 3.05) is 5.32 Å². The van der Waals surface area contributed by atoms with E-state index in [-0.39, 0.29) is 18.2 Å². The molecule has 2 N–H and O–H groups in total.